The lowest BCUT2D eigenvalue weighted by Crippen LogP contribution is -2.17. The van der Waals surface area contributed by atoms with Crippen LogP contribution in [0.4, 0.5) is 0 Å². The molecule has 1 N–H and O–H groups in total. The first-order valence-corrected chi connectivity index (χ1v) is 4.73. The molecule has 1 saturated carbocycles. The first kappa shape index (κ1) is 6.67. The smallest absolute Gasteiger partial charge is 0.0352 e. The van der Waals surface area contributed by atoms with E-state index in [9.17, 15) is 0 Å². The molecule has 0 radical (unpaired) electrons. The van der Waals surface area contributed by atoms with Gasteiger partial charge in [-0.05, 0) is 30.4 Å². The van der Waals surface area contributed by atoms with E-state index in [0.717, 1.165) is 11.8 Å². The summed E-state index contributed by atoms with van der Waals surface area (Å²) in [7, 11) is 0. The van der Waals surface area contributed by atoms with Crippen LogP contribution in [0.15, 0.2) is 30.3 Å². The first-order valence-electron chi connectivity index (χ1n) is 4.73. The number of piperidine rings is 1. The van der Waals surface area contributed by atoms with E-state index >= 15 is 0 Å². The monoisotopic (exact) mass is 159 g/mol. The molecule has 1 aliphatic carbocycles. The molecule has 0 aromatic heterocycles. The highest BCUT2D eigenvalue weighted by Gasteiger charge is 2.48. The van der Waals surface area contributed by atoms with Crippen LogP contribution in [0, 0.1) is 11.8 Å². The van der Waals surface area contributed by atoms with E-state index in [1.54, 1.807) is 0 Å². The molecule has 0 spiro atoms. The second kappa shape index (κ2) is 2.33. The number of fused-ring (bicyclic) bond motifs is 1. The third kappa shape index (κ3) is 0.896. The maximum atomic E-state index is 3.57. The highest BCUT2D eigenvalue weighted by atomic mass is 15.0. The molecule has 1 aromatic rings. The Morgan fingerprint density at radius 2 is 2.00 bits per heavy atom. The van der Waals surface area contributed by atoms with Crippen LogP contribution in [-0.2, 0) is 0 Å². The summed E-state index contributed by atoms with van der Waals surface area (Å²) in [6, 6.07) is 11.5. The van der Waals surface area contributed by atoms with Crippen molar-refractivity contribution >= 4 is 0 Å². The summed E-state index contributed by atoms with van der Waals surface area (Å²) < 4.78 is 0. The molecule has 1 aromatic carbocycles. The SMILES string of the molecule is c1ccc([C@H]2NC[C@H]3C[C@H]32)cc1. The van der Waals surface area contributed by atoms with Crippen molar-refractivity contribution in [1.29, 1.82) is 0 Å². The summed E-state index contributed by atoms with van der Waals surface area (Å²) >= 11 is 0. The second-order valence-corrected chi connectivity index (χ2v) is 3.96. The van der Waals surface area contributed by atoms with Crippen LogP contribution in [0.5, 0.6) is 0 Å². The van der Waals surface area contributed by atoms with Crippen molar-refractivity contribution in [3.05, 3.63) is 35.9 Å². The molecule has 1 aliphatic heterocycles. The Morgan fingerprint density at radius 1 is 1.17 bits per heavy atom. The van der Waals surface area contributed by atoms with Gasteiger partial charge >= 0.3 is 0 Å². The van der Waals surface area contributed by atoms with E-state index in [-0.39, 0.29) is 0 Å². The minimum absolute atomic E-state index is 0.663. The van der Waals surface area contributed by atoms with Gasteiger partial charge in [-0.2, -0.15) is 0 Å². The van der Waals surface area contributed by atoms with Crippen LogP contribution in [0.25, 0.3) is 0 Å². The van der Waals surface area contributed by atoms with E-state index in [0.29, 0.717) is 6.04 Å². The molecule has 0 amide bonds. The Balaban J connectivity index is 1.89. The summed E-state index contributed by atoms with van der Waals surface area (Å²) in [5, 5.41) is 3.57. The van der Waals surface area contributed by atoms with Crippen molar-refractivity contribution in [3.63, 3.8) is 0 Å². The maximum Gasteiger partial charge on any atom is 0.0352 e. The van der Waals surface area contributed by atoms with Crippen LogP contribution in [-0.4, -0.2) is 6.54 Å². The van der Waals surface area contributed by atoms with E-state index in [2.05, 4.69) is 35.6 Å². The zero-order valence-electron chi connectivity index (χ0n) is 7.03. The lowest BCUT2D eigenvalue weighted by atomic mass is 10.0. The normalized spacial score (nSPS) is 37.8. The van der Waals surface area contributed by atoms with Crippen molar-refractivity contribution in [2.24, 2.45) is 11.8 Å². The van der Waals surface area contributed by atoms with Gasteiger partial charge in [-0.15, -0.1) is 0 Å². The fraction of sp³-hybridized carbons (Fsp3) is 0.455. The molecule has 3 atom stereocenters. The minimum Gasteiger partial charge on any atom is -0.309 e. The average Bonchev–Trinajstić information content (AvgIpc) is 2.80. The van der Waals surface area contributed by atoms with E-state index in [1.165, 1.54) is 18.5 Å². The van der Waals surface area contributed by atoms with Gasteiger partial charge in [0.1, 0.15) is 0 Å². The van der Waals surface area contributed by atoms with E-state index in [4.69, 9.17) is 0 Å². The molecule has 12 heavy (non-hydrogen) atoms. The summed E-state index contributed by atoms with van der Waals surface area (Å²) in [5.74, 6) is 1.95. The molecule has 2 fully saturated rings. The fourth-order valence-electron chi connectivity index (χ4n) is 2.37. The van der Waals surface area contributed by atoms with Crippen molar-refractivity contribution in [3.8, 4) is 0 Å². The fourth-order valence-corrected chi connectivity index (χ4v) is 2.37. The number of nitrogens with one attached hydrogen (secondary N) is 1. The number of hydrogen-bond donors (Lipinski definition) is 1. The summed E-state index contributed by atoms with van der Waals surface area (Å²) in [4.78, 5) is 0. The van der Waals surface area contributed by atoms with Crippen LogP contribution < -0.4 is 5.32 Å². The van der Waals surface area contributed by atoms with Crippen molar-refractivity contribution in [2.45, 2.75) is 12.5 Å². The topological polar surface area (TPSA) is 12.0 Å². The zero-order chi connectivity index (χ0) is 7.97. The summed E-state index contributed by atoms with van der Waals surface area (Å²) in [6.45, 7) is 1.24. The van der Waals surface area contributed by atoms with E-state index < -0.39 is 0 Å². The molecule has 3 rings (SSSR count). The predicted octanol–water partition coefficient (Wildman–Crippen LogP) is 1.97. The highest BCUT2D eigenvalue weighted by molar-refractivity contribution is 5.24. The van der Waals surface area contributed by atoms with Crippen molar-refractivity contribution in [1.82, 2.24) is 5.32 Å². The highest BCUT2D eigenvalue weighted by Crippen LogP contribution is 2.51. The second-order valence-electron chi connectivity index (χ2n) is 3.96. The molecule has 0 unspecified atom stereocenters. The molecule has 1 heteroatoms. The average molecular weight is 159 g/mol. The largest absolute Gasteiger partial charge is 0.309 e. The van der Waals surface area contributed by atoms with Crippen LogP contribution >= 0.6 is 0 Å². The standard InChI is InChI=1S/C11H13N/c1-2-4-8(5-3-1)11-10-6-9(10)7-12-11/h1-5,9-12H,6-7H2/t9-,10-,11-/m1/s1. The van der Waals surface area contributed by atoms with Crippen LogP contribution in [0.1, 0.15) is 18.0 Å². The summed E-state index contributed by atoms with van der Waals surface area (Å²) in [5.41, 5.74) is 1.47. The van der Waals surface area contributed by atoms with Crippen molar-refractivity contribution in [2.75, 3.05) is 6.54 Å². The molecule has 1 saturated heterocycles. The Labute approximate surface area is 72.8 Å². The number of benzene rings is 1. The zero-order valence-corrected chi connectivity index (χ0v) is 7.03. The molecule has 1 nitrogen and oxygen atoms in total. The maximum absolute atomic E-state index is 3.57. The van der Waals surface area contributed by atoms with Gasteiger partial charge in [0, 0.05) is 6.04 Å². The molecular formula is C11H13N. The minimum atomic E-state index is 0.663. The predicted molar refractivity (Wildman–Crippen MR) is 48.8 cm³/mol. The van der Waals surface area contributed by atoms with Gasteiger partial charge in [0.25, 0.3) is 0 Å². The molecule has 2 aliphatic rings. The number of rotatable bonds is 1. The Bertz CT molecular complexity index is 280. The molecule has 0 bridgehead atoms. The third-order valence-corrected chi connectivity index (χ3v) is 3.16. The molecular weight excluding hydrogens is 146 g/mol. The molecule has 1 heterocycles. The lowest BCUT2D eigenvalue weighted by molar-refractivity contribution is 0.563. The van der Waals surface area contributed by atoms with Crippen LogP contribution in [0.2, 0.25) is 0 Å². The number of hydrogen-bond acceptors (Lipinski definition) is 1. The third-order valence-electron chi connectivity index (χ3n) is 3.16. The van der Waals surface area contributed by atoms with Gasteiger partial charge in [0.2, 0.25) is 0 Å². The van der Waals surface area contributed by atoms with Crippen molar-refractivity contribution < 1.29 is 0 Å². The Morgan fingerprint density at radius 3 is 2.58 bits per heavy atom. The van der Waals surface area contributed by atoms with E-state index in [1.807, 2.05) is 0 Å². The quantitative estimate of drug-likeness (QED) is 0.660. The van der Waals surface area contributed by atoms with Gasteiger partial charge in [-0.3, -0.25) is 0 Å². The Hall–Kier alpha value is -0.820. The van der Waals surface area contributed by atoms with Gasteiger partial charge < -0.3 is 5.32 Å². The Kier molecular flexibility index (Phi) is 1.30. The van der Waals surface area contributed by atoms with Gasteiger partial charge in [0.15, 0.2) is 0 Å². The van der Waals surface area contributed by atoms with Crippen LogP contribution in [0.3, 0.4) is 0 Å². The lowest BCUT2D eigenvalue weighted by Gasteiger charge is -2.12. The summed E-state index contributed by atoms with van der Waals surface area (Å²) in [6.07, 6.45) is 1.45. The van der Waals surface area contributed by atoms with Gasteiger partial charge in [-0.25, -0.2) is 0 Å². The first-order chi connectivity index (χ1) is 5.95. The molecule has 62 valence electrons. The van der Waals surface area contributed by atoms with Gasteiger partial charge in [-0.1, -0.05) is 30.3 Å². The van der Waals surface area contributed by atoms with Gasteiger partial charge in [0.05, 0.1) is 0 Å².